The zero-order valence-electron chi connectivity index (χ0n) is 9.60. The number of hydrogen-bond acceptors (Lipinski definition) is 3. The van der Waals surface area contributed by atoms with Crippen molar-refractivity contribution in [3.63, 3.8) is 0 Å². The van der Waals surface area contributed by atoms with Gasteiger partial charge in [0.25, 0.3) is 0 Å². The predicted molar refractivity (Wildman–Crippen MR) is 59.1 cm³/mol. The minimum Gasteiger partial charge on any atom is -0.482 e. The highest BCUT2D eigenvalue weighted by atomic mass is 19.1. The maximum absolute atomic E-state index is 13.3. The number of aliphatic hydroxyl groups is 1. The van der Waals surface area contributed by atoms with Crippen molar-refractivity contribution in [2.75, 3.05) is 19.7 Å². The Hall–Kier alpha value is -1.69. The highest BCUT2D eigenvalue weighted by Crippen LogP contribution is 2.24. The van der Waals surface area contributed by atoms with Crippen LogP contribution in [0.1, 0.15) is 6.42 Å². The largest absolute Gasteiger partial charge is 0.482 e. The molecule has 1 aromatic carbocycles. The molecule has 0 aromatic heterocycles. The quantitative estimate of drug-likeness (QED) is 0.876. The molecule has 1 saturated heterocycles. The van der Waals surface area contributed by atoms with Gasteiger partial charge in [0, 0.05) is 13.0 Å². The normalized spacial score (nSPS) is 19.1. The van der Waals surface area contributed by atoms with Crippen LogP contribution in [0.2, 0.25) is 0 Å². The summed E-state index contributed by atoms with van der Waals surface area (Å²) in [6.45, 7) is 0.0775. The molecule has 98 valence electrons. The fourth-order valence-electron chi connectivity index (χ4n) is 1.91. The van der Waals surface area contributed by atoms with Crippen LogP contribution >= 0.6 is 0 Å². The van der Waals surface area contributed by atoms with Gasteiger partial charge in [0.15, 0.2) is 17.4 Å². The molecule has 18 heavy (non-hydrogen) atoms. The van der Waals surface area contributed by atoms with Crippen LogP contribution in [-0.4, -0.2) is 41.7 Å². The molecular formula is C12H13F2NO3. The molecule has 0 bridgehead atoms. The van der Waals surface area contributed by atoms with Gasteiger partial charge >= 0.3 is 0 Å². The van der Waals surface area contributed by atoms with Crippen molar-refractivity contribution >= 4 is 5.91 Å². The van der Waals surface area contributed by atoms with E-state index in [4.69, 9.17) is 9.84 Å². The molecule has 2 rings (SSSR count). The van der Waals surface area contributed by atoms with Crippen LogP contribution in [0.25, 0.3) is 0 Å². The predicted octanol–water partition coefficient (Wildman–Crippen LogP) is 0.937. The third-order valence-corrected chi connectivity index (χ3v) is 2.84. The summed E-state index contributed by atoms with van der Waals surface area (Å²) < 4.78 is 31.9. The lowest BCUT2D eigenvalue weighted by Gasteiger charge is -2.16. The van der Waals surface area contributed by atoms with Gasteiger partial charge in [-0.05, 0) is 12.1 Å². The van der Waals surface area contributed by atoms with E-state index < -0.39 is 36.0 Å². The van der Waals surface area contributed by atoms with E-state index in [0.29, 0.717) is 13.0 Å². The highest BCUT2D eigenvalue weighted by molar-refractivity contribution is 5.77. The molecule has 1 aliphatic rings. The van der Waals surface area contributed by atoms with Gasteiger partial charge in [0.05, 0.1) is 6.54 Å². The van der Waals surface area contributed by atoms with Crippen LogP contribution in [0, 0.1) is 11.6 Å². The van der Waals surface area contributed by atoms with E-state index in [2.05, 4.69) is 0 Å². The third-order valence-electron chi connectivity index (χ3n) is 2.84. The molecule has 1 aromatic rings. The molecular weight excluding hydrogens is 244 g/mol. The second kappa shape index (κ2) is 5.30. The maximum atomic E-state index is 13.3. The molecule has 1 unspecified atom stereocenters. The molecule has 1 aliphatic heterocycles. The number of carbonyl (C=O) groups excluding carboxylic acids is 1. The smallest absolute Gasteiger partial charge is 0.248 e. The van der Waals surface area contributed by atoms with Crippen LogP contribution in [0.3, 0.4) is 0 Å². The Morgan fingerprint density at radius 3 is 2.72 bits per heavy atom. The van der Waals surface area contributed by atoms with Gasteiger partial charge in [0.1, 0.15) is 12.7 Å². The summed E-state index contributed by atoms with van der Waals surface area (Å²) in [6.07, 6.45) is 0.0337. The van der Waals surface area contributed by atoms with Crippen LogP contribution in [0.15, 0.2) is 18.2 Å². The Kier molecular flexibility index (Phi) is 3.76. The molecule has 4 nitrogen and oxygen atoms in total. The lowest BCUT2D eigenvalue weighted by atomic mass is 10.3. The summed E-state index contributed by atoms with van der Waals surface area (Å²) >= 11 is 0. The first kappa shape index (κ1) is 12.8. The number of benzene rings is 1. The van der Waals surface area contributed by atoms with Gasteiger partial charge in [0.2, 0.25) is 5.91 Å². The SMILES string of the molecule is O=C(CO)N1CCC(Oc2c(F)cccc2F)C1. The molecule has 1 heterocycles. The minimum atomic E-state index is -0.762. The van der Waals surface area contributed by atoms with E-state index in [1.807, 2.05) is 0 Å². The summed E-state index contributed by atoms with van der Waals surface area (Å²) in [6, 6.07) is 3.49. The van der Waals surface area contributed by atoms with Gasteiger partial charge in [-0.2, -0.15) is 0 Å². The van der Waals surface area contributed by atoms with E-state index >= 15 is 0 Å². The Morgan fingerprint density at radius 1 is 1.44 bits per heavy atom. The molecule has 1 fully saturated rings. The number of nitrogens with zero attached hydrogens (tertiary/aromatic N) is 1. The number of halogens is 2. The molecule has 1 amide bonds. The first-order valence-electron chi connectivity index (χ1n) is 5.61. The lowest BCUT2D eigenvalue weighted by molar-refractivity contribution is -0.133. The van der Waals surface area contributed by atoms with E-state index in [1.165, 1.54) is 11.0 Å². The number of carbonyl (C=O) groups is 1. The van der Waals surface area contributed by atoms with Gasteiger partial charge in [-0.25, -0.2) is 8.78 Å². The Bertz CT molecular complexity index is 433. The Labute approximate surface area is 103 Å². The zero-order valence-corrected chi connectivity index (χ0v) is 9.60. The number of aliphatic hydroxyl groups excluding tert-OH is 1. The van der Waals surface area contributed by atoms with Crippen LogP contribution in [0.5, 0.6) is 5.75 Å². The van der Waals surface area contributed by atoms with Crippen molar-refractivity contribution in [3.8, 4) is 5.75 Å². The molecule has 0 spiro atoms. The number of hydrogen-bond donors (Lipinski definition) is 1. The van der Waals surface area contributed by atoms with Crippen molar-refractivity contribution in [2.24, 2.45) is 0 Å². The standard InChI is InChI=1S/C12H13F2NO3/c13-9-2-1-3-10(14)12(9)18-8-4-5-15(6-8)11(17)7-16/h1-3,8,16H,4-7H2. The van der Waals surface area contributed by atoms with Crippen LogP contribution in [0.4, 0.5) is 8.78 Å². The summed E-state index contributed by atoms with van der Waals surface area (Å²) in [5, 5.41) is 8.71. The Morgan fingerprint density at radius 2 is 2.11 bits per heavy atom. The number of amides is 1. The average Bonchev–Trinajstić information content (AvgIpc) is 2.81. The molecule has 1 N–H and O–H groups in total. The van der Waals surface area contributed by atoms with Crippen molar-refractivity contribution in [3.05, 3.63) is 29.8 Å². The fourth-order valence-corrected chi connectivity index (χ4v) is 1.91. The maximum Gasteiger partial charge on any atom is 0.248 e. The van der Waals surface area contributed by atoms with Crippen molar-refractivity contribution in [1.29, 1.82) is 0 Å². The molecule has 0 saturated carbocycles. The number of rotatable bonds is 3. The minimum absolute atomic E-state index is 0.229. The monoisotopic (exact) mass is 257 g/mol. The number of ether oxygens (including phenoxy) is 1. The number of likely N-dealkylation sites (tertiary alicyclic amines) is 1. The van der Waals surface area contributed by atoms with Crippen molar-refractivity contribution < 1.29 is 23.4 Å². The summed E-state index contributed by atoms with van der Waals surface area (Å²) in [4.78, 5) is 12.6. The second-order valence-electron chi connectivity index (χ2n) is 4.08. The van der Waals surface area contributed by atoms with Crippen LogP contribution < -0.4 is 4.74 Å². The van der Waals surface area contributed by atoms with Crippen molar-refractivity contribution in [1.82, 2.24) is 4.90 Å². The summed E-state index contributed by atoms with van der Waals surface area (Å²) in [5.74, 6) is -2.35. The first-order chi connectivity index (χ1) is 8.61. The molecule has 0 aliphatic carbocycles. The van der Waals surface area contributed by atoms with Gasteiger partial charge < -0.3 is 14.7 Å². The van der Waals surface area contributed by atoms with Gasteiger partial charge in [-0.1, -0.05) is 6.07 Å². The molecule has 0 radical (unpaired) electrons. The van der Waals surface area contributed by atoms with Gasteiger partial charge in [-0.3, -0.25) is 4.79 Å². The highest BCUT2D eigenvalue weighted by Gasteiger charge is 2.28. The first-order valence-corrected chi connectivity index (χ1v) is 5.61. The third kappa shape index (κ3) is 2.59. The summed E-state index contributed by atoms with van der Waals surface area (Å²) in [5.41, 5.74) is 0. The van der Waals surface area contributed by atoms with Gasteiger partial charge in [-0.15, -0.1) is 0 Å². The van der Waals surface area contributed by atoms with E-state index in [0.717, 1.165) is 12.1 Å². The average molecular weight is 257 g/mol. The summed E-state index contributed by atoms with van der Waals surface area (Å²) in [7, 11) is 0. The Balaban J connectivity index is 2.02. The molecule has 1 atom stereocenters. The van der Waals surface area contributed by atoms with Crippen molar-refractivity contribution in [2.45, 2.75) is 12.5 Å². The lowest BCUT2D eigenvalue weighted by Crippen LogP contribution is -2.33. The topological polar surface area (TPSA) is 49.8 Å². The molecule has 6 heteroatoms. The van der Waals surface area contributed by atoms with Crippen LogP contribution in [-0.2, 0) is 4.79 Å². The number of para-hydroxylation sites is 1. The second-order valence-corrected chi connectivity index (χ2v) is 4.08. The van der Waals surface area contributed by atoms with E-state index in [-0.39, 0.29) is 6.54 Å². The fraction of sp³-hybridized carbons (Fsp3) is 0.417. The van der Waals surface area contributed by atoms with E-state index in [9.17, 15) is 13.6 Å². The van der Waals surface area contributed by atoms with E-state index in [1.54, 1.807) is 0 Å². The zero-order chi connectivity index (χ0) is 13.1.